The number of hydrogen-bond acceptors (Lipinski definition) is 3. The van der Waals surface area contributed by atoms with E-state index in [4.69, 9.17) is 9.73 Å². The molecular formula is C34H25NO2P+. The molecule has 5 aromatic rings. The standard InChI is InChI=1S/C34H25NO2P/c36-34-31(35-33(37-34)27-18-8-2-9-19-27)32(26-16-6-1-7-17-26)38(28-20-10-3-11-21-28,29-22-12-4-13-23-29)30-24-14-5-15-25-30/h1-25H/q+1/b32-31-. The van der Waals surface area contributed by atoms with E-state index in [1.165, 1.54) is 0 Å². The molecular weight excluding hydrogens is 485 g/mol. The third-order valence-corrected chi connectivity index (χ3v) is 11.0. The lowest BCUT2D eigenvalue weighted by Crippen LogP contribution is -2.32. The van der Waals surface area contributed by atoms with Gasteiger partial charge in [-0.3, -0.25) is 0 Å². The Morgan fingerprint density at radius 1 is 0.526 bits per heavy atom. The number of ether oxygens (including phenoxy) is 1. The molecule has 0 unspecified atom stereocenters. The highest BCUT2D eigenvalue weighted by Crippen LogP contribution is 2.67. The third-order valence-electron chi connectivity index (χ3n) is 6.65. The molecule has 4 heteroatoms. The molecule has 0 saturated carbocycles. The van der Waals surface area contributed by atoms with Gasteiger partial charge in [-0.2, -0.15) is 0 Å². The van der Waals surface area contributed by atoms with Crippen molar-refractivity contribution in [2.45, 2.75) is 0 Å². The van der Waals surface area contributed by atoms with Crippen LogP contribution in [0.3, 0.4) is 0 Å². The van der Waals surface area contributed by atoms with Crippen molar-refractivity contribution >= 4 is 40.4 Å². The highest BCUT2D eigenvalue weighted by atomic mass is 31.2. The van der Waals surface area contributed by atoms with Gasteiger partial charge in [-0.1, -0.05) is 103 Å². The Labute approximate surface area is 223 Å². The van der Waals surface area contributed by atoms with Gasteiger partial charge in [0.2, 0.25) is 5.90 Å². The molecule has 6 rings (SSSR count). The van der Waals surface area contributed by atoms with E-state index in [-0.39, 0.29) is 0 Å². The summed E-state index contributed by atoms with van der Waals surface area (Å²) in [7, 11) is -2.62. The molecule has 5 aromatic carbocycles. The van der Waals surface area contributed by atoms with E-state index >= 15 is 0 Å². The number of aliphatic imine (C=N–C) groups is 1. The number of benzene rings is 5. The zero-order valence-electron chi connectivity index (χ0n) is 20.6. The van der Waals surface area contributed by atoms with Gasteiger partial charge in [-0.25, -0.2) is 9.79 Å². The van der Waals surface area contributed by atoms with E-state index in [2.05, 4.69) is 84.9 Å². The van der Waals surface area contributed by atoms with Crippen LogP contribution >= 0.6 is 7.26 Å². The van der Waals surface area contributed by atoms with Crippen LogP contribution in [-0.2, 0) is 9.53 Å². The first-order chi connectivity index (χ1) is 18.8. The summed E-state index contributed by atoms with van der Waals surface area (Å²) < 4.78 is 5.84. The first-order valence-corrected chi connectivity index (χ1v) is 14.3. The fourth-order valence-electron chi connectivity index (χ4n) is 5.03. The first kappa shape index (κ1) is 23.8. The maximum atomic E-state index is 13.7. The van der Waals surface area contributed by atoms with Gasteiger partial charge in [0.05, 0.1) is 0 Å². The summed E-state index contributed by atoms with van der Waals surface area (Å²) in [4.78, 5) is 18.6. The molecule has 0 radical (unpaired) electrons. The van der Waals surface area contributed by atoms with Crippen molar-refractivity contribution < 1.29 is 9.53 Å². The maximum Gasteiger partial charge on any atom is 0.368 e. The zero-order valence-corrected chi connectivity index (χ0v) is 21.5. The Balaban J connectivity index is 1.78. The van der Waals surface area contributed by atoms with Crippen LogP contribution in [0.25, 0.3) is 5.31 Å². The molecule has 1 heterocycles. The van der Waals surface area contributed by atoms with Crippen molar-refractivity contribution in [3.8, 4) is 0 Å². The van der Waals surface area contributed by atoms with E-state index in [0.717, 1.165) is 32.4 Å². The van der Waals surface area contributed by atoms with Crippen molar-refractivity contribution in [2.24, 2.45) is 4.99 Å². The quantitative estimate of drug-likeness (QED) is 0.152. The van der Waals surface area contributed by atoms with Gasteiger partial charge in [-0.05, 0) is 48.5 Å². The molecule has 38 heavy (non-hydrogen) atoms. The summed E-state index contributed by atoms with van der Waals surface area (Å²) in [5.74, 6) is -0.110. The number of esters is 1. The number of nitrogens with zero attached hydrogens (tertiary/aromatic N) is 1. The molecule has 3 nitrogen and oxygen atoms in total. The minimum absolute atomic E-state index is 0.325. The maximum absolute atomic E-state index is 13.7. The lowest BCUT2D eigenvalue weighted by atomic mass is 10.2. The molecule has 0 amide bonds. The molecule has 0 fully saturated rings. The Morgan fingerprint density at radius 2 is 0.921 bits per heavy atom. The molecule has 0 bridgehead atoms. The van der Waals surface area contributed by atoms with Gasteiger partial charge >= 0.3 is 5.97 Å². The van der Waals surface area contributed by atoms with Gasteiger partial charge < -0.3 is 4.74 Å². The van der Waals surface area contributed by atoms with Crippen molar-refractivity contribution in [1.82, 2.24) is 0 Å². The average molecular weight is 511 g/mol. The van der Waals surface area contributed by atoms with Gasteiger partial charge in [0, 0.05) is 11.1 Å². The summed E-state index contributed by atoms with van der Waals surface area (Å²) in [6.45, 7) is 0. The summed E-state index contributed by atoms with van der Waals surface area (Å²) in [5, 5.41) is 4.30. The Hall–Kier alpha value is -4.59. The normalized spacial score (nSPS) is 14.5. The monoisotopic (exact) mass is 510 g/mol. The second-order valence-corrected chi connectivity index (χ2v) is 12.3. The second kappa shape index (κ2) is 10.4. The summed E-state index contributed by atoms with van der Waals surface area (Å²) >= 11 is 0. The van der Waals surface area contributed by atoms with Gasteiger partial charge in [-0.15, -0.1) is 0 Å². The van der Waals surface area contributed by atoms with Crippen LogP contribution in [0.1, 0.15) is 11.1 Å². The van der Waals surface area contributed by atoms with Crippen molar-refractivity contribution in [3.05, 3.63) is 168 Å². The second-order valence-electron chi connectivity index (χ2n) is 8.91. The zero-order chi connectivity index (χ0) is 25.8. The molecule has 0 N–H and O–H groups in total. The predicted octanol–water partition coefficient (Wildman–Crippen LogP) is 6.35. The van der Waals surface area contributed by atoms with E-state index in [1.54, 1.807) is 0 Å². The van der Waals surface area contributed by atoms with Crippen molar-refractivity contribution in [1.29, 1.82) is 0 Å². The fourth-order valence-corrected chi connectivity index (χ4v) is 9.56. The molecule has 182 valence electrons. The minimum atomic E-state index is -2.62. The largest absolute Gasteiger partial charge is 0.402 e. The molecule has 0 saturated heterocycles. The summed E-state index contributed by atoms with van der Waals surface area (Å²) in [6, 6.07) is 51.2. The Morgan fingerprint density at radius 3 is 1.37 bits per heavy atom. The fraction of sp³-hybridized carbons (Fsp3) is 0. The van der Waals surface area contributed by atoms with Crippen LogP contribution in [0.5, 0.6) is 0 Å². The molecule has 1 aliphatic heterocycles. The smallest absolute Gasteiger partial charge is 0.368 e. The van der Waals surface area contributed by atoms with Crippen LogP contribution in [0, 0.1) is 0 Å². The van der Waals surface area contributed by atoms with Crippen LogP contribution in [0.2, 0.25) is 0 Å². The van der Waals surface area contributed by atoms with Crippen LogP contribution in [-0.4, -0.2) is 11.9 Å². The minimum Gasteiger partial charge on any atom is -0.402 e. The SMILES string of the molecule is O=C1OC(c2ccccc2)=N/C1=C(/c1ccccc1)[P+](c1ccccc1)(c1ccccc1)c1ccccc1. The van der Waals surface area contributed by atoms with Crippen LogP contribution < -0.4 is 15.9 Å². The van der Waals surface area contributed by atoms with E-state index < -0.39 is 13.2 Å². The van der Waals surface area contributed by atoms with Crippen molar-refractivity contribution in [3.63, 3.8) is 0 Å². The van der Waals surface area contributed by atoms with Gasteiger partial charge in [0.15, 0.2) is 5.70 Å². The third kappa shape index (κ3) is 4.18. The van der Waals surface area contributed by atoms with E-state index in [0.29, 0.717) is 11.6 Å². The van der Waals surface area contributed by atoms with Gasteiger partial charge in [0.1, 0.15) is 28.5 Å². The van der Waals surface area contributed by atoms with Crippen LogP contribution in [0.15, 0.2) is 162 Å². The number of rotatable bonds is 6. The summed E-state index contributed by atoms with van der Waals surface area (Å²) in [5.41, 5.74) is 2.06. The molecule has 0 aliphatic carbocycles. The Bertz CT molecular complexity index is 1520. The number of cyclic esters (lactones) is 1. The van der Waals surface area contributed by atoms with Gasteiger partial charge in [0.25, 0.3) is 0 Å². The molecule has 1 aliphatic rings. The number of hydrogen-bond donors (Lipinski definition) is 0. The first-order valence-electron chi connectivity index (χ1n) is 12.5. The lowest BCUT2D eigenvalue weighted by molar-refractivity contribution is -0.129. The van der Waals surface area contributed by atoms with Crippen molar-refractivity contribution in [2.75, 3.05) is 0 Å². The Kier molecular flexibility index (Phi) is 6.52. The molecule has 0 spiro atoms. The molecule has 0 aromatic heterocycles. The summed E-state index contributed by atoms with van der Waals surface area (Å²) in [6.07, 6.45) is 0. The predicted molar refractivity (Wildman–Crippen MR) is 158 cm³/mol. The molecule has 0 atom stereocenters. The van der Waals surface area contributed by atoms with E-state index in [9.17, 15) is 4.79 Å². The number of carbonyl (C=O) groups is 1. The van der Waals surface area contributed by atoms with Crippen LogP contribution in [0.4, 0.5) is 0 Å². The highest BCUT2D eigenvalue weighted by molar-refractivity contribution is 8.03. The average Bonchev–Trinajstić information content (AvgIpc) is 3.39. The highest BCUT2D eigenvalue weighted by Gasteiger charge is 2.53. The number of carbonyl (C=O) groups excluding carboxylic acids is 1. The topological polar surface area (TPSA) is 38.7 Å². The van der Waals surface area contributed by atoms with E-state index in [1.807, 2.05) is 66.7 Å². The lowest BCUT2D eigenvalue weighted by Gasteiger charge is -2.30.